The third-order valence-corrected chi connectivity index (χ3v) is 3.51. The highest BCUT2D eigenvalue weighted by atomic mass is 19.2. The first-order chi connectivity index (χ1) is 10.8. The molecule has 0 spiro atoms. The maximum Gasteiger partial charge on any atom is 0.225 e. The van der Waals surface area contributed by atoms with Crippen LogP contribution in [0.2, 0.25) is 0 Å². The fraction of sp³-hybridized carbons (Fsp3) is 0.600. The first-order valence-corrected chi connectivity index (χ1v) is 6.68. The maximum absolute atomic E-state index is 14.1. The van der Waals surface area contributed by atoms with Gasteiger partial charge in [-0.1, -0.05) is 0 Å². The van der Waals surface area contributed by atoms with E-state index in [-0.39, 0.29) is 27.8 Å². The molecule has 0 aliphatic heterocycles. The van der Waals surface area contributed by atoms with Gasteiger partial charge in [-0.25, -0.2) is 17.6 Å². The Kier molecular flexibility index (Phi) is 7.40. The van der Waals surface area contributed by atoms with Gasteiger partial charge in [0.15, 0.2) is 0 Å². The minimum atomic E-state index is -2.05. The summed E-state index contributed by atoms with van der Waals surface area (Å²) in [5.41, 5.74) is -1.20. The van der Waals surface area contributed by atoms with Gasteiger partial charge < -0.3 is 18.9 Å². The summed E-state index contributed by atoms with van der Waals surface area (Å²) >= 11 is 0. The number of hydrogen-bond acceptors (Lipinski definition) is 4. The average molecular weight is 340 g/mol. The summed E-state index contributed by atoms with van der Waals surface area (Å²) in [5, 5.41) is 0. The van der Waals surface area contributed by atoms with E-state index in [1.165, 1.54) is 6.92 Å². The molecule has 0 aliphatic rings. The van der Waals surface area contributed by atoms with Crippen LogP contribution >= 0.6 is 0 Å². The van der Waals surface area contributed by atoms with E-state index in [2.05, 4.69) is 18.9 Å². The molecule has 0 fully saturated rings. The molecule has 23 heavy (non-hydrogen) atoms. The Morgan fingerprint density at radius 3 is 1.22 bits per heavy atom. The van der Waals surface area contributed by atoms with Crippen molar-refractivity contribution in [2.24, 2.45) is 0 Å². The molecule has 0 heterocycles. The van der Waals surface area contributed by atoms with Crippen molar-refractivity contribution in [2.45, 2.75) is 32.4 Å². The van der Waals surface area contributed by atoms with Crippen LogP contribution < -0.4 is 0 Å². The molecule has 4 atom stereocenters. The van der Waals surface area contributed by atoms with Crippen LogP contribution in [0.4, 0.5) is 17.6 Å². The van der Waals surface area contributed by atoms with Crippen LogP contribution in [0, 0.1) is 6.92 Å². The van der Waals surface area contributed by atoms with E-state index in [0.717, 1.165) is 34.5 Å². The third-order valence-electron chi connectivity index (χ3n) is 3.51. The Balaban J connectivity index is 3.74. The second kappa shape index (κ2) is 8.58. The number of rotatable bonds is 8. The minimum absolute atomic E-state index is 0.0411. The molecule has 0 radical (unpaired) electrons. The molecule has 0 saturated heterocycles. The van der Waals surface area contributed by atoms with Gasteiger partial charge in [0.2, 0.25) is 25.4 Å². The van der Waals surface area contributed by atoms with Crippen molar-refractivity contribution in [2.75, 3.05) is 28.4 Å². The van der Waals surface area contributed by atoms with Gasteiger partial charge in [-0.05, 0) is 18.6 Å². The summed E-state index contributed by atoms with van der Waals surface area (Å²) in [5.74, 6) is 0. The molecule has 8 heteroatoms. The lowest BCUT2D eigenvalue weighted by atomic mass is 9.91. The Bertz CT molecular complexity index is 484. The molecule has 1 rings (SSSR count). The normalized spacial score (nSPS) is 16.9. The van der Waals surface area contributed by atoms with Crippen LogP contribution in [-0.4, -0.2) is 28.4 Å². The van der Waals surface area contributed by atoms with E-state index in [1.807, 2.05) is 0 Å². The first-order valence-electron chi connectivity index (χ1n) is 6.68. The van der Waals surface area contributed by atoms with Gasteiger partial charge in [0.05, 0.1) is 0 Å². The van der Waals surface area contributed by atoms with E-state index in [0.29, 0.717) is 0 Å². The van der Waals surface area contributed by atoms with Crippen LogP contribution in [0.15, 0.2) is 6.07 Å². The van der Waals surface area contributed by atoms with Gasteiger partial charge in [0.1, 0.15) is 0 Å². The number of hydrogen-bond donors (Lipinski definition) is 0. The molecule has 132 valence electrons. The van der Waals surface area contributed by atoms with Gasteiger partial charge in [-0.15, -0.1) is 0 Å². The number of benzene rings is 1. The molecule has 1 aromatic rings. The lowest BCUT2D eigenvalue weighted by molar-refractivity contribution is -0.0349. The fourth-order valence-corrected chi connectivity index (χ4v) is 2.37. The van der Waals surface area contributed by atoms with Crippen LogP contribution in [-0.2, 0) is 18.9 Å². The SMILES string of the molecule is COC(F)c1cc(C(F)OC)c(C(F)OC)c(C)c1C(F)OC. The molecule has 4 nitrogen and oxygen atoms in total. The largest absolute Gasteiger partial charge is 0.348 e. The van der Waals surface area contributed by atoms with Gasteiger partial charge in [-0.3, -0.25) is 0 Å². The van der Waals surface area contributed by atoms with Gasteiger partial charge in [-0.2, -0.15) is 0 Å². The van der Waals surface area contributed by atoms with Crippen molar-refractivity contribution in [1.82, 2.24) is 0 Å². The van der Waals surface area contributed by atoms with Crippen LogP contribution in [0.1, 0.15) is 53.2 Å². The predicted octanol–water partition coefficient (Wildman–Crippen LogP) is 4.45. The Hall–Kier alpha value is -1.22. The van der Waals surface area contributed by atoms with Crippen molar-refractivity contribution >= 4 is 0 Å². The summed E-state index contributed by atoms with van der Waals surface area (Å²) in [4.78, 5) is 0. The standard InChI is InChI=1S/C15H20F4O4/c1-7-10(14(18)22-4)8(12(16)20-2)6-9(13(17)21-3)11(7)15(19)23-5/h6,12-15H,1-5H3. The fourth-order valence-electron chi connectivity index (χ4n) is 2.37. The zero-order valence-corrected chi connectivity index (χ0v) is 13.5. The van der Waals surface area contributed by atoms with Gasteiger partial charge in [0.25, 0.3) is 0 Å². The molecule has 0 bridgehead atoms. The van der Waals surface area contributed by atoms with Crippen molar-refractivity contribution in [3.63, 3.8) is 0 Å². The number of halogens is 4. The van der Waals surface area contributed by atoms with E-state index in [1.54, 1.807) is 0 Å². The minimum Gasteiger partial charge on any atom is -0.348 e. The highest BCUT2D eigenvalue weighted by Gasteiger charge is 2.31. The summed E-state index contributed by atoms with van der Waals surface area (Å²) in [6.07, 6.45) is -8.18. The van der Waals surface area contributed by atoms with Gasteiger partial charge >= 0.3 is 0 Å². The predicted molar refractivity (Wildman–Crippen MR) is 74.6 cm³/mol. The zero-order chi connectivity index (χ0) is 17.7. The average Bonchev–Trinajstić information content (AvgIpc) is 2.57. The molecule has 0 amide bonds. The van der Waals surface area contributed by atoms with Gasteiger partial charge in [0, 0.05) is 50.7 Å². The molecule has 0 N–H and O–H groups in total. The molecule has 1 aromatic carbocycles. The van der Waals surface area contributed by atoms with Crippen molar-refractivity contribution in [1.29, 1.82) is 0 Å². The summed E-state index contributed by atoms with van der Waals surface area (Å²) in [6, 6.07) is 0.956. The quantitative estimate of drug-likeness (QED) is 0.655. The smallest absolute Gasteiger partial charge is 0.225 e. The Labute approximate surface area is 132 Å². The highest BCUT2D eigenvalue weighted by Crippen LogP contribution is 2.41. The number of alkyl halides is 4. The molecular formula is C15H20F4O4. The zero-order valence-electron chi connectivity index (χ0n) is 13.5. The van der Waals surface area contributed by atoms with E-state index < -0.39 is 25.4 Å². The molecule has 0 aliphatic carbocycles. The second-order valence-electron chi connectivity index (χ2n) is 4.71. The van der Waals surface area contributed by atoms with Crippen LogP contribution in [0.3, 0.4) is 0 Å². The second-order valence-corrected chi connectivity index (χ2v) is 4.71. The van der Waals surface area contributed by atoms with Crippen LogP contribution in [0.5, 0.6) is 0 Å². The molecule has 4 unspecified atom stereocenters. The highest BCUT2D eigenvalue weighted by molar-refractivity contribution is 5.48. The Morgan fingerprint density at radius 2 is 0.957 bits per heavy atom. The van der Waals surface area contributed by atoms with Crippen molar-refractivity contribution in [3.8, 4) is 0 Å². The van der Waals surface area contributed by atoms with Crippen molar-refractivity contribution in [3.05, 3.63) is 33.9 Å². The lowest BCUT2D eigenvalue weighted by Crippen LogP contribution is -2.14. The van der Waals surface area contributed by atoms with Crippen LogP contribution in [0.25, 0.3) is 0 Å². The van der Waals surface area contributed by atoms with E-state index >= 15 is 0 Å². The molecule has 0 saturated carbocycles. The van der Waals surface area contributed by atoms with Crippen molar-refractivity contribution < 1.29 is 36.5 Å². The summed E-state index contributed by atoms with van der Waals surface area (Å²) < 4.78 is 74.5. The lowest BCUT2D eigenvalue weighted by Gasteiger charge is -2.25. The maximum atomic E-state index is 14.1. The summed E-state index contributed by atoms with van der Waals surface area (Å²) in [6.45, 7) is 1.32. The summed E-state index contributed by atoms with van der Waals surface area (Å²) in [7, 11) is 4.26. The van der Waals surface area contributed by atoms with E-state index in [9.17, 15) is 17.6 Å². The third kappa shape index (κ3) is 4.00. The first kappa shape index (κ1) is 19.8. The molecule has 0 aromatic heterocycles. The number of methoxy groups -OCH3 is 4. The molecular weight excluding hydrogens is 320 g/mol. The number of ether oxygens (including phenoxy) is 4. The Morgan fingerprint density at radius 1 is 0.652 bits per heavy atom. The van der Waals surface area contributed by atoms with E-state index in [4.69, 9.17) is 0 Å². The monoisotopic (exact) mass is 340 g/mol. The topological polar surface area (TPSA) is 36.9 Å².